The van der Waals surface area contributed by atoms with Gasteiger partial charge in [-0.25, -0.2) is 0 Å². The Morgan fingerprint density at radius 3 is 2.31 bits per heavy atom. The number of nitrogens with one attached hydrogen (secondary N) is 1. The van der Waals surface area contributed by atoms with E-state index in [1.54, 1.807) is 0 Å². The molecule has 0 saturated carbocycles. The molecule has 0 aliphatic rings. The highest BCUT2D eigenvalue weighted by atomic mass is 16.5. The Bertz CT molecular complexity index is 157. The molecule has 1 unspecified atom stereocenters. The van der Waals surface area contributed by atoms with E-state index >= 15 is 0 Å². The van der Waals surface area contributed by atoms with E-state index in [-0.39, 0.29) is 5.60 Å². The first-order valence-corrected chi connectivity index (χ1v) is 6.81. The zero-order valence-corrected chi connectivity index (χ0v) is 11.9. The molecule has 0 rings (SSSR count). The second kappa shape index (κ2) is 9.00. The van der Waals surface area contributed by atoms with Crippen LogP contribution in [-0.2, 0) is 4.74 Å². The molecule has 2 nitrogen and oxygen atoms in total. The van der Waals surface area contributed by atoms with E-state index in [1.807, 2.05) is 7.11 Å². The maximum absolute atomic E-state index is 5.47. The van der Waals surface area contributed by atoms with Gasteiger partial charge in [-0.1, -0.05) is 20.3 Å². The van der Waals surface area contributed by atoms with Gasteiger partial charge in [0.1, 0.15) is 0 Å². The van der Waals surface area contributed by atoms with Crippen LogP contribution in [0.15, 0.2) is 0 Å². The maximum atomic E-state index is 5.47. The number of hydrogen-bond acceptors (Lipinski definition) is 2. The summed E-state index contributed by atoms with van der Waals surface area (Å²) in [6.45, 7) is 11.2. The van der Waals surface area contributed by atoms with Gasteiger partial charge in [0.2, 0.25) is 0 Å². The van der Waals surface area contributed by atoms with Gasteiger partial charge in [0.05, 0.1) is 5.60 Å². The highest BCUT2D eigenvalue weighted by molar-refractivity contribution is 4.72. The smallest absolute Gasteiger partial charge is 0.0622 e. The second-order valence-corrected chi connectivity index (χ2v) is 5.36. The zero-order valence-electron chi connectivity index (χ0n) is 11.9. The molecule has 2 heteroatoms. The summed E-state index contributed by atoms with van der Waals surface area (Å²) in [5, 5.41) is 3.53. The molecule has 0 spiro atoms. The van der Waals surface area contributed by atoms with Crippen molar-refractivity contribution in [1.29, 1.82) is 0 Å². The standard InChI is InChI=1S/C14H31NO/c1-6-8-13(12-15-11-7-2)9-10-14(3,4)16-5/h13,15H,6-12H2,1-5H3. The average molecular weight is 229 g/mol. The third-order valence-electron chi connectivity index (χ3n) is 3.26. The second-order valence-electron chi connectivity index (χ2n) is 5.36. The van der Waals surface area contributed by atoms with Crippen molar-refractivity contribution in [3.05, 3.63) is 0 Å². The first-order valence-electron chi connectivity index (χ1n) is 6.81. The lowest BCUT2D eigenvalue weighted by molar-refractivity contribution is 0.0101. The molecule has 0 aliphatic carbocycles. The molecule has 98 valence electrons. The molecule has 0 heterocycles. The molecule has 0 amide bonds. The summed E-state index contributed by atoms with van der Waals surface area (Å²) in [5.41, 5.74) is 0.0384. The number of rotatable bonds is 10. The molecular formula is C14H31NO. The molecule has 0 radical (unpaired) electrons. The topological polar surface area (TPSA) is 21.3 Å². The zero-order chi connectivity index (χ0) is 12.4. The van der Waals surface area contributed by atoms with Crippen LogP contribution in [0.25, 0.3) is 0 Å². The number of hydrogen-bond donors (Lipinski definition) is 1. The van der Waals surface area contributed by atoms with Crippen molar-refractivity contribution in [2.75, 3.05) is 20.2 Å². The van der Waals surface area contributed by atoms with Gasteiger partial charge in [-0.3, -0.25) is 0 Å². The molecular weight excluding hydrogens is 198 g/mol. The third-order valence-corrected chi connectivity index (χ3v) is 3.26. The Labute approximate surface area is 102 Å². The summed E-state index contributed by atoms with van der Waals surface area (Å²) in [5.74, 6) is 0.811. The molecule has 0 aromatic rings. The molecule has 0 aliphatic heterocycles. The van der Waals surface area contributed by atoms with Gasteiger partial charge in [0, 0.05) is 7.11 Å². The van der Waals surface area contributed by atoms with Crippen LogP contribution < -0.4 is 5.32 Å². The highest BCUT2D eigenvalue weighted by Gasteiger charge is 2.18. The van der Waals surface area contributed by atoms with Gasteiger partial charge in [-0.05, 0) is 58.5 Å². The molecule has 0 aromatic carbocycles. The van der Waals surface area contributed by atoms with Crippen LogP contribution in [0, 0.1) is 5.92 Å². The van der Waals surface area contributed by atoms with Crippen molar-refractivity contribution in [3.8, 4) is 0 Å². The Morgan fingerprint density at radius 1 is 1.12 bits per heavy atom. The first kappa shape index (κ1) is 15.9. The molecule has 1 atom stereocenters. The van der Waals surface area contributed by atoms with Gasteiger partial charge >= 0.3 is 0 Å². The van der Waals surface area contributed by atoms with Crippen LogP contribution in [0.2, 0.25) is 0 Å². The predicted octanol–water partition coefficient (Wildman–Crippen LogP) is 3.61. The van der Waals surface area contributed by atoms with Crippen LogP contribution in [0.1, 0.15) is 59.8 Å². The van der Waals surface area contributed by atoms with Crippen molar-refractivity contribution in [2.45, 2.75) is 65.4 Å². The highest BCUT2D eigenvalue weighted by Crippen LogP contribution is 2.21. The maximum Gasteiger partial charge on any atom is 0.0622 e. The molecule has 0 fully saturated rings. The number of ether oxygens (including phenoxy) is 1. The van der Waals surface area contributed by atoms with Gasteiger partial charge in [0.25, 0.3) is 0 Å². The van der Waals surface area contributed by atoms with E-state index in [0.717, 1.165) is 18.9 Å². The van der Waals surface area contributed by atoms with Crippen molar-refractivity contribution in [2.24, 2.45) is 5.92 Å². The Kier molecular flexibility index (Phi) is 8.96. The third kappa shape index (κ3) is 8.12. The molecule has 0 bridgehead atoms. The molecule has 0 aromatic heterocycles. The largest absolute Gasteiger partial charge is 0.379 e. The van der Waals surface area contributed by atoms with Gasteiger partial charge in [-0.15, -0.1) is 0 Å². The fourth-order valence-corrected chi connectivity index (χ4v) is 1.89. The molecule has 16 heavy (non-hydrogen) atoms. The fourth-order valence-electron chi connectivity index (χ4n) is 1.89. The fraction of sp³-hybridized carbons (Fsp3) is 1.00. The van der Waals surface area contributed by atoms with Crippen LogP contribution in [-0.4, -0.2) is 25.8 Å². The summed E-state index contributed by atoms with van der Waals surface area (Å²) < 4.78 is 5.47. The normalized spacial score (nSPS) is 14.1. The number of methoxy groups -OCH3 is 1. The molecule has 0 saturated heterocycles. The lowest BCUT2D eigenvalue weighted by Gasteiger charge is -2.26. The lowest BCUT2D eigenvalue weighted by Crippen LogP contribution is -2.27. The Balaban J connectivity index is 3.83. The monoisotopic (exact) mass is 229 g/mol. The quantitative estimate of drug-likeness (QED) is 0.578. The van der Waals surface area contributed by atoms with Gasteiger partial charge in [0.15, 0.2) is 0 Å². The minimum atomic E-state index is 0.0384. The minimum Gasteiger partial charge on any atom is -0.379 e. The van der Waals surface area contributed by atoms with Crippen molar-refractivity contribution in [3.63, 3.8) is 0 Å². The van der Waals surface area contributed by atoms with Gasteiger partial charge in [-0.2, -0.15) is 0 Å². The van der Waals surface area contributed by atoms with E-state index in [2.05, 4.69) is 33.0 Å². The van der Waals surface area contributed by atoms with E-state index < -0.39 is 0 Å². The van der Waals surface area contributed by atoms with E-state index in [0.29, 0.717) is 0 Å². The summed E-state index contributed by atoms with van der Waals surface area (Å²) in [4.78, 5) is 0. The lowest BCUT2D eigenvalue weighted by atomic mass is 9.92. The van der Waals surface area contributed by atoms with E-state index in [1.165, 1.54) is 32.2 Å². The van der Waals surface area contributed by atoms with Crippen LogP contribution >= 0.6 is 0 Å². The summed E-state index contributed by atoms with van der Waals surface area (Å²) in [6, 6.07) is 0. The van der Waals surface area contributed by atoms with E-state index in [4.69, 9.17) is 4.74 Å². The van der Waals surface area contributed by atoms with Crippen molar-refractivity contribution < 1.29 is 4.74 Å². The summed E-state index contributed by atoms with van der Waals surface area (Å²) in [7, 11) is 1.81. The van der Waals surface area contributed by atoms with Gasteiger partial charge < -0.3 is 10.1 Å². The molecule has 1 N–H and O–H groups in total. The van der Waals surface area contributed by atoms with Crippen LogP contribution in [0.5, 0.6) is 0 Å². The SMILES string of the molecule is CCCNCC(CCC)CCC(C)(C)OC. The van der Waals surface area contributed by atoms with E-state index in [9.17, 15) is 0 Å². The van der Waals surface area contributed by atoms with Crippen molar-refractivity contribution >= 4 is 0 Å². The summed E-state index contributed by atoms with van der Waals surface area (Å²) >= 11 is 0. The van der Waals surface area contributed by atoms with Crippen LogP contribution in [0.3, 0.4) is 0 Å². The van der Waals surface area contributed by atoms with Crippen molar-refractivity contribution in [1.82, 2.24) is 5.32 Å². The Hall–Kier alpha value is -0.0800. The minimum absolute atomic E-state index is 0.0384. The summed E-state index contributed by atoms with van der Waals surface area (Å²) in [6.07, 6.45) is 6.26. The predicted molar refractivity (Wildman–Crippen MR) is 71.9 cm³/mol. The van der Waals surface area contributed by atoms with Crippen LogP contribution in [0.4, 0.5) is 0 Å². The average Bonchev–Trinajstić information content (AvgIpc) is 2.26. The Morgan fingerprint density at radius 2 is 1.81 bits per heavy atom. The first-order chi connectivity index (χ1) is 7.55.